The second-order valence-corrected chi connectivity index (χ2v) is 4.98. The van der Waals surface area contributed by atoms with E-state index in [1.165, 1.54) is 5.56 Å². The molecule has 0 aliphatic rings. The van der Waals surface area contributed by atoms with Gasteiger partial charge in [0.05, 0.1) is 5.56 Å². The SMILES string of the molecule is Cc1ccc(C#N)c(SC(C)CCl)c1. The number of thioether (sulfide) groups is 1. The van der Waals surface area contributed by atoms with Crippen molar-refractivity contribution >= 4 is 23.4 Å². The average Bonchev–Trinajstić information content (AvgIpc) is 2.18. The van der Waals surface area contributed by atoms with Crippen LogP contribution < -0.4 is 0 Å². The van der Waals surface area contributed by atoms with Crippen molar-refractivity contribution in [2.45, 2.75) is 24.0 Å². The minimum atomic E-state index is 0.338. The van der Waals surface area contributed by atoms with E-state index in [1.54, 1.807) is 11.8 Å². The van der Waals surface area contributed by atoms with Crippen LogP contribution in [0.25, 0.3) is 0 Å². The first-order chi connectivity index (χ1) is 6.67. The van der Waals surface area contributed by atoms with Gasteiger partial charge in [-0.1, -0.05) is 13.0 Å². The molecule has 1 aromatic rings. The van der Waals surface area contributed by atoms with Gasteiger partial charge < -0.3 is 0 Å². The Morgan fingerprint density at radius 1 is 1.57 bits per heavy atom. The Kier molecular flexibility index (Phi) is 4.31. The number of hydrogen-bond donors (Lipinski definition) is 0. The average molecular weight is 226 g/mol. The van der Waals surface area contributed by atoms with Crippen LogP contribution in [0.5, 0.6) is 0 Å². The molecule has 0 aliphatic heterocycles. The summed E-state index contributed by atoms with van der Waals surface area (Å²) < 4.78 is 0. The summed E-state index contributed by atoms with van der Waals surface area (Å²) >= 11 is 7.39. The molecule has 0 amide bonds. The molecule has 0 aromatic heterocycles. The lowest BCUT2D eigenvalue weighted by atomic mass is 10.2. The van der Waals surface area contributed by atoms with Gasteiger partial charge in [0.1, 0.15) is 6.07 Å². The molecule has 0 aliphatic carbocycles. The number of hydrogen-bond acceptors (Lipinski definition) is 2. The highest BCUT2D eigenvalue weighted by Crippen LogP contribution is 2.27. The first-order valence-corrected chi connectivity index (χ1v) is 5.82. The molecule has 1 aromatic carbocycles. The fraction of sp³-hybridized carbons (Fsp3) is 0.364. The molecule has 1 rings (SSSR count). The molecule has 14 heavy (non-hydrogen) atoms. The molecule has 0 heterocycles. The standard InChI is InChI=1S/C11H12ClNS/c1-8-3-4-10(7-13)11(5-8)14-9(2)6-12/h3-5,9H,6H2,1-2H3. The summed E-state index contributed by atoms with van der Waals surface area (Å²) in [6.07, 6.45) is 0. The number of nitrogens with zero attached hydrogens (tertiary/aromatic N) is 1. The van der Waals surface area contributed by atoms with E-state index in [4.69, 9.17) is 16.9 Å². The van der Waals surface area contributed by atoms with Gasteiger partial charge in [0.2, 0.25) is 0 Å². The summed E-state index contributed by atoms with van der Waals surface area (Å²) in [6.45, 7) is 4.08. The topological polar surface area (TPSA) is 23.8 Å². The maximum absolute atomic E-state index is 8.90. The maximum atomic E-state index is 8.90. The van der Waals surface area contributed by atoms with Crippen molar-refractivity contribution in [2.75, 3.05) is 5.88 Å². The molecule has 0 N–H and O–H groups in total. The molecule has 0 saturated heterocycles. The molecule has 3 heteroatoms. The van der Waals surface area contributed by atoms with Gasteiger partial charge in [-0.3, -0.25) is 0 Å². The zero-order valence-electron chi connectivity index (χ0n) is 8.25. The van der Waals surface area contributed by atoms with Gasteiger partial charge in [0, 0.05) is 16.0 Å². The quantitative estimate of drug-likeness (QED) is 0.580. The lowest BCUT2D eigenvalue weighted by molar-refractivity contribution is 1.11. The maximum Gasteiger partial charge on any atom is 0.100 e. The Labute approximate surface area is 94.1 Å². The molecule has 1 unspecified atom stereocenters. The van der Waals surface area contributed by atoms with Crippen LogP contribution in [-0.4, -0.2) is 11.1 Å². The number of rotatable bonds is 3. The Hall–Kier alpha value is -0.650. The molecule has 74 valence electrons. The highest BCUT2D eigenvalue weighted by molar-refractivity contribution is 8.00. The third-order valence-electron chi connectivity index (χ3n) is 1.80. The molecule has 0 saturated carbocycles. The molecular weight excluding hydrogens is 214 g/mol. The summed E-state index contributed by atoms with van der Waals surface area (Å²) in [5.41, 5.74) is 1.91. The van der Waals surface area contributed by atoms with Gasteiger partial charge in [0.25, 0.3) is 0 Å². The Morgan fingerprint density at radius 2 is 2.29 bits per heavy atom. The molecule has 1 atom stereocenters. The van der Waals surface area contributed by atoms with Crippen LogP contribution in [-0.2, 0) is 0 Å². The van der Waals surface area contributed by atoms with Crippen LogP contribution in [0.2, 0.25) is 0 Å². The summed E-state index contributed by atoms with van der Waals surface area (Å²) in [7, 11) is 0. The van der Waals surface area contributed by atoms with Crippen molar-refractivity contribution in [1.29, 1.82) is 5.26 Å². The van der Waals surface area contributed by atoms with E-state index in [2.05, 4.69) is 13.0 Å². The molecule has 0 bridgehead atoms. The van der Waals surface area contributed by atoms with Crippen LogP contribution in [0.3, 0.4) is 0 Å². The smallest absolute Gasteiger partial charge is 0.100 e. The highest BCUT2D eigenvalue weighted by Gasteiger charge is 2.07. The molecule has 0 spiro atoms. The lowest BCUT2D eigenvalue weighted by Gasteiger charge is -2.09. The van der Waals surface area contributed by atoms with Crippen LogP contribution in [0.1, 0.15) is 18.1 Å². The van der Waals surface area contributed by atoms with E-state index in [0.29, 0.717) is 11.1 Å². The van der Waals surface area contributed by atoms with Crippen molar-refractivity contribution in [3.05, 3.63) is 29.3 Å². The third-order valence-corrected chi connectivity index (χ3v) is 3.61. The summed E-state index contributed by atoms with van der Waals surface area (Å²) in [4.78, 5) is 1.03. The minimum absolute atomic E-state index is 0.338. The van der Waals surface area contributed by atoms with Crippen molar-refractivity contribution in [3.63, 3.8) is 0 Å². The van der Waals surface area contributed by atoms with Gasteiger partial charge in [-0.05, 0) is 24.6 Å². The van der Waals surface area contributed by atoms with Crippen LogP contribution >= 0.6 is 23.4 Å². The van der Waals surface area contributed by atoms with Crippen molar-refractivity contribution < 1.29 is 0 Å². The second-order valence-electron chi connectivity index (χ2n) is 3.19. The molecule has 0 radical (unpaired) electrons. The van der Waals surface area contributed by atoms with Crippen LogP contribution in [0.4, 0.5) is 0 Å². The molecule has 0 fully saturated rings. The fourth-order valence-corrected chi connectivity index (χ4v) is 2.25. The zero-order valence-corrected chi connectivity index (χ0v) is 9.82. The normalized spacial score (nSPS) is 12.1. The van der Waals surface area contributed by atoms with Gasteiger partial charge >= 0.3 is 0 Å². The van der Waals surface area contributed by atoms with E-state index in [0.717, 1.165) is 10.5 Å². The zero-order chi connectivity index (χ0) is 10.6. The van der Waals surface area contributed by atoms with E-state index in [-0.39, 0.29) is 0 Å². The summed E-state index contributed by atoms with van der Waals surface area (Å²) in [6, 6.07) is 8.03. The largest absolute Gasteiger partial charge is 0.192 e. The van der Waals surface area contributed by atoms with Gasteiger partial charge in [-0.2, -0.15) is 5.26 Å². The van der Waals surface area contributed by atoms with Crippen molar-refractivity contribution in [1.82, 2.24) is 0 Å². The minimum Gasteiger partial charge on any atom is -0.192 e. The number of nitriles is 1. The number of halogens is 1. The van der Waals surface area contributed by atoms with Gasteiger partial charge in [-0.25, -0.2) is 0 Å². The third kappa shape index (κ3) is 2.94. The van der Waals surface area contributed by atoms with E-state index in [9.17, 15) is 0 Å². The number of alkyl halides is 1. The second kappa shape index (κ2) is 5.29. The first kappa shape index (κ1) is 11.4. The Bertz CT molecular complexity index is 357. The Balaban J connectivity index is 2.94. The summed E-state index contributed by atoms with van der Waals surface area (Å²) in [5, 5.41) is 9.24. The van der Waals surface area contributed by atoms with Gasteiger partial charge in [0.15, 0.2) is 0 Å². The molecule has 1 nitrogen and oxygen atoms in total. The lowest BCUT2D eigenvalue weighted by Crippen LogP contribution is -1.97. The predicted molar refractivity (Wildman–Crippen MR) is 61.9 cm³/mol. The van der Waals surface area contributed by atoms with Crippen molar-refractivity contribution in [3.8, 4) is 6.07 Å². The number of benzene rings is 1. The van der Waals surface area contributed by atoms with Gasteiger partial charge in [-0.15, -0.1) is 23.4 Å². The highest BCUT2D eigenvalue weighted by atomic mass is 35.5. The van der Waals surface area contributed by atoms with Crippen LogP contribution in [0, 0.1) is 18.3 Å². The fourth-order valence-electron chi connectivity index (χ4n) is 1.07. The van der Waals surface area contributed by atoms with E-state index >= 15 is 0 Å². The molecular formula is C11H12ClNS. The summed E-state index contributed by atoms with van der Waals surface area (Å²) in [5.74, 6) is 0.601. The number of aryl methyl sites for hydroxylation is 1. The van der Waals surface area contributed by atoms with E-state index < -0.39 is 0 Å². The van der Waals surface area contributed by atoms with E-state index in [1.807, 2.05) is 25.1 Å². The monoisotopic (exact) mass is 225 g/mol. The first-order valence-electron chi connectivity index (χ1n) is 4.40. The predicted octanol–water partition coefficient (Wildman–Crippen LogP) is 3.59. The Morgan fingerprint density at radius 3 is 2.86 bits per heavy atom. The van der Waals surface area contributed by atoms with Crippen LogP contribution in [0.15, 0.2) is 23.1 Å². The van der Waals surface area contributed by atoms with Crippen molar-refractivity contribution in [2.24, 2.45) is 0 Å².